The van der Waals surface area contributed by atoms with E-state index in [0.717, 1.165) is 28.8 Å². The molecule has 2 aliphatic heterocycles. The zero-order chi connectivity index (χ0) is 22.8. The van der Waals surface area contributed by atoms with Crippen LogP contribution in [0.1, 0.15) is 28.8 Å². The van der Waals surface area contributed by atoms with Crippen molar-refractivity contribution in [1.29, 1.82) is 0 Å². The highest BCUT2D eigenvalue weighted by Crippen LogP contribution is 2.38. The monoisotopic (exact) mass is 443 g/mol. The summed E-state index contributed by atoms with van der Waals surface area (Å²) in [5.41, 5.74) is 4.13. The molecule has 0 unspecified atom stereocenters. The van der Waals surface area contributed by atoms with E-state index in [1.807, 2.05) is 42.5 Å². The van der Waals surface area contributed by atoms with Crippen molar-refractivity contribution in [1.82, 2.24) is 9.88 Å². The van der Waals surface area contributed by atoms with Crippen LogP contribution in [0.15, 0.2) is 60.9 Å². The van der Waals surface area contributed by atoms with Crippen LogP contribution in [0, 0.1) is 0 Å². The van der Waals surface area contributed by atoms with Gasteiger partial charge in [0.2, 0.25) is 5.91 Å². The number of hydrogen-bond donors (Lipinski definition) is 0. The number of anilines is 1. The van der Waals surface area contributed by atoms with E-state index in [9.17, 15) is 9.59 Å². The third-order valence-corrected chi connectivity index (χ3v) is 6.08. The minimum atomic E-state index is -0.0920. The van der Waals surface area contributed by atoms with Gasteiger partial charge in [-0.05, 0) is 48.4 Å². The SMILES string of the molecule is COc1cc(-c2cccnc2)cc2c1OCCN(C(=O)c1cccc(N3CCCC3=O)c1)C2. The standard InChI is InChI=1S/C26H25N3O4/c1-32-23-15-20(19-6-3-9-27-16-19)13-21-17-28(11-12-33-25(21)23)26(31)18-5-2-7-22(14-18)29-10-4-8-24(29)30/h2-3,5-7,9,13-16H,4,8,10-12,17H2,1H3. The second-order valence-corrected chi connectivity index (χ2v) is 8.18. The lowest BCUT2D eigenvalue weighted by atomic mass is 10.0. The minimum absolute atomic E-state index is 0.0920. The van der Waals surface area contributed by atoms with Crippen molar-refractivity contribution >= 4 is 17.5 Å². The first-order chi connectivity index (χ1) is 16.1. The number of pyridine rings is 1. The highest BCUT2D eigenvalue weighted by molar-refractivity contribution is 5.99. The summed E-state index contributed by atoms with van der Waals surface area (Å²) >= 11 is 0. The van der Waals surface area contributed by atoms with Crippen molar-refractivity contribution in [2.75, 3.05) is 31.7 Å². The molecule has 3 heterocycles. The first-order valence-corrected chi connectivity index (χ1v) is 11.1. The lowest BCUT2D eigenvalue weighted by Gasteiger charge is -2.22. The van der Waals surface area contributed by atoms with Gasteiger partial charge in [0.05, 0.1) is 13.7 Å². The number of carbonyl (C=O) groups excluding carboxylic acids is 2. The molecular formula is C26H25N3O4. The van der Waals surface area contributed by atoms with E-state index in [4.69, 9.17) is 9.47 Å². The maximum atomic E-state index is 13.4. The molecule has 0 radical (unpaired) electrons. The van der Waals surface area contributed by atoms with Crippen molar-refractivity contribution in [3.05, 3.63) is 72.1 Å². The molecule has 2 amide bonds. The molecule has 0 aliphatic carbocycles. The van der Waals surface area contributed by atoms with Crippen LogP contribution in [-0.2, 0) is 11.3 Å². The van der Waals surface area contributed by atoms with E-state index in [2.05, 4.69) is 4.98 Å². The normalized spacial score (nSPS) is 15.6. The second-order valence-electron chi connectivity index (χ2n) is 8.18. The number of ether oxygens (including phenoxy) is 2. The fourth-order valence-electron chi connectivity index (χ4n) is 4.42. The molecule has 7 nitrogen and oxygen atoms in total. The van der Waals surface area contributed by atoms with Gasteiger partial charge in [0.1, 0.15) is 6.61 Å². The van der Waals surface area contributed by atoms with Gasteiger partial charge in [0.15, 0.2) is 11.5 Å². The third kappa shape index (κ3) is 4.14. The van der Waals surface area contributed by atoms with Gasteiger partial charge in [-0.2, -0.15) is 0 Å². The number of nitrogens with zero attached hydrogens (tertiary/aromatic N) is 3. The van der Waals surface area contributed by atoms with Crippen molar-refractivity contribution in [2.45, 2.75) is 19.4 Å². The van der Waals surface area contributed by atoms with E-state index >= 15 is 0 Å². The zero-order valence-electron chi connectivity index (χ0n) is 18.5. The first kappa shape index (κ1) is 21.0. The van der Waals surface area contributed by atoms with Gasteiger partial charge >= 0.3 is 0 Å². The Morgan fingerprint density at radius 3 is 2.76 bits per heavy atom. The molecule has 0 N–H and O–H groups in total. The molecule has 7 heteroatoms. The highest BCUT2D eigenvalue weighted by atomic mass is 16.5. The predicted molar refractivity (Wildman–Crippen MR) is 124 cm³/mol. The fourth-order valence-corrected chi connectivity index (χ4v) is 4.42. The molecule has 168 valence electrons. The maximum Gasteiger partial charge on any atom is 0.254 e. The Morgan fingerprint density at radius 1 is 1.09 bits per heavy atom. The second kappa shape index (κ2) is 8.94. The van der Waals surface area contributed by atoms with E-state index in [0.29, 0.717) is 49.7 Å². The number of rotatable bonds is 4. The molecule has 0 spiro atoms. The Labute approximate surface area is 192 Å². The Hall–Kier alpha value is -3.87. The summed E-state index contributed by atoms with van der Waals surface area (Å²) in [6, 6.07) is 15.2. The molecule has 0 atom stereocenters. The van der Waals surface area contributed by atoms with Crippen LogP contribution in [0.2, 0.25) is 0 Å². The molecule has 2 aromatic carbocycles. The number of amides is 2. The summed E-state index contributed by atoms with van der Waals surface area (Å²) in [5.74, 6) is 1.31. The third-order valence-electron chi connectivity index (χ3n) is 6.08. The molecular weight excluding hydrogens is 418 g/mol. The average Bonchev–Trinajstić information content (AvgIpc) is 3.17. The van der Waals surface area contributed by atoms with Gasteiger partial charge in [0.25, 0.3) is 5.91 Å². The van der Waals surface area contributed by atoms with E-state index in [1.54, 1.807) is 35.4 Å². The van der Waals surface area contributed by atoms with Crippen molar-refractivity contribution in [3.63, 3.8) is 0 Å². The molecule has 1 fully saturated rings. The lowest BCUT2D eigenvalue weighted by molar-refractivity contribution is -0.117. The molecule has 0 saturated carbocycles. The van der Waals surface area contributed by atoms with E-state index in [-0.39, 0.29) is 11.8 Å². The Balaban J connectivity index is 1.45. The van der Waals surface area contributed by atoms with Gasteiger partial charge in [0, 0.05) is 54.3 Å². The zero-order valence-corrected chi connectivity index (χ0v) is 18.5. The van der Waals surface area contributed by atoms with Crippen LogP contribution in [-0.4, -0.2) is 48.5 Å². The summed E-state index contributed by atoms with van der Waals surface area (Å²) in [5, 5.41) is 0. The smallest absolute Gasteiger partial charge is 0.254 e. The largest absolute Gasteiger partial charge is 0.493 e. The predicted octanol–water partition coefficient (Wildman–Crippen LogP) is 3.92. The van der Waals surface area contributed by atoms with Gasteiger partial charge in [-0.3, -0.25) is 14.6 Å². The minimum Gasteiger partial charge on any atom is -0.493 e. The Bertz CT molecular complexity index is 1200. The summed E-state index contributed by atoms with van der Waals surface area (Å²) in [6.45, 7) is 1.90. The van der Waals surface area contributed by atoms with Crippen molar-refractivity contribution < 1.29 is 19.1 Å². The molecule has 0 bridgehead atoms. The van der Waals surface area contributed by atoms with Crippen molar-refractivity contribution in [3.8, 4) is 22.6 Å². The number of hydrogen-bond acceptors (Lipinski definition) is 5. The highest BCUT2D eigenvalue weighted by Gasteiger charge is 2.26. The lowest BCUT2D eigenvalue weighted by Crippen LogP contribution is -2.32. The summed E-state index contributed by atoms with van der Waals surface area (Å²) < 4.78 is 11.6. The van der Waals surface area contributed by atoms with Crippen LogP contribution in [0.4, 0.5) is 5.69 Å². The van der Waals surface area contributed by atoms with Crippen LogP contribution < -0.4 is 14.4 Å². The Morgan fingerprint density at radius 2 is 2.00 bits per heavy atom. The number of fused-ring (bicyclic) bond motifs is 1. The first-order valence-electron chi connectivity index (χ1n) is 11.1. The number of methoxy groups -OCH3 is 1. The Kier molecular flexibility index (Phi) is 5.69. The molecule has 1 saturated heterocycles. The van der Waals surface area contributed by atoms with Gasteiger partial charge in [-0.25, -0.2) is 0 Å². The van der Waals surface area contributed by atoms with Gasteiger partial charge in [-0.15, -0.1) is 0 Å². The van der Waals surface area contributed by atoms with Crippen molar-refractivity contribution in [2.24, 2.45) is 0 Å². The molecule has 3 aromatic rings. The number of benzene rings is 2. The fraction of sp³-hybridized carbons (Fsp3) is 0.269. The average molecular weight is 444 g/mol. The number of aromatic nitrogens is 1. The van der Waals surface area contributed by atoms with Gasteiger partial charge < -0.3 is 19.3 Å². The van der Waals surface area contributed by atoms with Gasteiger partial charge in [-0.1, -0.05) is 12.1 Å². The van der Waals surface area contributed by atoms with Crippen LogP contribution in [0.3, 0.4) is 0 Å². The summed E-state index contributed by atoms with van der Waals surface area (Å²) in [6.07, 6.45) is 4.93. The van der Waals surface area contributed by atoms with E-state index < -0.39 is 0 Å². The maximum absolute atomic E-state index is 13.4. The molecule has 33 heavy (non-hydrogen) atoms. The van der Waals surface area contributed by atoms with E-state index in [1.165, 1.54) is 0 Å². The molecule has 2 aliphatic rings. The molecule has 1 aromatic heterocycles. The quantitative estimate of drug-likeness (QED) is 0.611. The molecule has 5 rings (SSSR count). The summed E-state index contributed by atoms with van der Waals surface area (Å²) in [4.78, 5) is 33.3. The number of carbonyl (C=O) groups is 2. The summed E-state index contributed by atoms with van der Waals surface area (Å²) in [7, 11) is 1.62. The van der Waals surface area contributed by atoms with Crippen LogP contribution in [0.25, 0.3) is 11.1 Å². The van der Waals surface area contributed by atoms with Crippen LogP contribution >= 0.6 is 0 Å². The topological polar surface area (TPSA) is 72.0 Å². The van der Waals surface area contributed by atoms with Crippen LogP contribution in [0.5, 0.6) is 11.5 Å².